The molecule has 0 fully saturated rings. The first-order valence-corrected chi connectivity index (χ1v) is 6.77. The molecule has 108 valence electrons. The molecule has 0 bridgehead atoms. The van der Waals surface area contributed by atoms with Crippen molar-refractivity contribution < 1.29 is 13.2 Å². The quantitative estimate of drug-likeness (QED) is 0.760. The van der Waals surface area contributed by atoms with E-state index in [4.69, 9.17) is 16.0 Å². The maximum atomic E-state index is 13.4. The van der Waals surface area contributed by atoms with Crippen LogP contribution in [0.1, 0.15) is 17.4 Å². The predicted molar refractivity (Wildman–Crippen MR) is 78.5 cm³/mol. The Morgan fingerprint density at radius 2 is 1.81 bits per heavy atom. The number of furan rings is 1. The molecule has 1 atom stereocenters. The topological polar surface area (TPSA) is 25.2 Å². The van der Waals surface area contributed by atoms with E-state index in [-0.39, 0.29) is 0 Å². The first kappa shape index (κ1) is 14.0. The van der Waals surface area contributed by atoms with Gasteiger partial charge in [-0.3, -0.25) is 0 Å². The second-order valence-corrected chi connectivity index (χ2v) is 5.14. The maximum absolute atomic E-state index is 13.4. The Morgan fingerprint density at radius 1 is 1.10 bits per heavy atom. The molecule has 0 aliphatic rings. The summed E-state index contributed by atoms with van der Waals surface area (Å²) < 4.78 is 32.5. The summed E-state index contributed by atoms with van der Waals surface area (Å²) in [4.78, 5) is 0. The summed E-state index contributed by atoms with van der Waals surface area (Å²) in [7, 11) is 1.70. The number of hydrogen-bond acceptors (Lipinski definition) is 2. The third-order valence-electron chi connectivity index (χ3n) is 3.31. The lowest BCUT2D eigenvalue weighted by atomic mass is 10.0. The van der Waals surface area contributed by atoms with Gasteiger partial charge in [0.1, 0.15) is 17.4 Å². The Balaban J connectivity index is 2.11. The van der Waals surface area contributed by atoms with Crippen LogP contribution in [-0.4, -0.2) is 7.05 Å². The number of rotatable bonds is 3. The van der Waals surface area contributed by atoms with Gasteiger partial charge in [0.15, 0.2) is 5.58 Å². The SMILES string of the molecule is CNC(c1cc(F)cc(F)c1)c1cc2cccc(Cl)c2o1. The molecular weight excluding hydrogens is 296 g/mol. The predicted octanol–water partition coefficient (Wildman–Crippen LogP) is 4.67. The molecule has 3 aromatic rings. The molecule has 0 spiro atoms. The molecule has 1 unspecified atom stereocenters. The standard InChI is InChI=1S/C16H12ClF2NO/c1-20-15(10-5-11(18)8-12(19)6-10)14-7-9-3-2-4-13(17)16(9)21-14/h2-8,15,20H,1H3. The van der Waals surface area contributed by atoms with Crippen LogP contribution in [0.5, 0.6) is 0 Å². The molecule has 21 heavy (non-hydrogen) atoms. The molecular formula is C16H12ClF2NO. The summed E-state index contributed by atoms with van der Waals surface area (Å²) in [5.41, 5.74) is 1.01. The van der Waals surface area contributed by atoms with Gasteiger partial charge in [-0.05, 0) is 36.9 Å². The van der Waals surface area contributed by atoms with Gasteiger partial charge >= 0.3 is 0 Å². The van der Waals surface area contributed by atoms with Gasteiger partial charge in [-0.2, -0.15) is 0 Å². The molecule has 0 saturated heterocycles. The van der Waals surface area contributed by atoms with Gasteiger partial charge in [0.25, 0.3) is 0 Å². The largest absolute Gasteiger partial charge is 0.457 e. The van der Waals surface area contributed by atoms with Crippen LogP contribution in [0, 0.1) is 11.6 Å². The van der Waals surface area contributed by atoms with Crippen molar-refractivity contribution in [2.45, 2.75) is 6.04 Å². The third kappa shape index (κ3) is 2.64. The smallest absolute Gasteiger partial charge is 0.152 e. The minimum absolute atomic E-state index is 0.449. The van der Waals surface area contributed by atoms with Crippen molar-refractivity contribution in [2.75, 3.05) is 7.05 Å². The van der Waals surface area contributed by atoms with E-state index in [1.807, 2.05) is 18.2 Å². The summed E-state index contributed by atoms with van der Waals surface area (Å²) in [6.45, 7) is 0. The summed E-state index contributed by atoms with van der Waals surface area (Å²) in [5.74, 6) is -0.704. The Bertz CT molecular complexity index is 780. The summed E-state index contributed by atoms with van der Waals surface area (Å²) in [6.07, 6.45) is 0. The van der Waals surface area contributed by atoms with Crippen LogP contribution in [0.25, 0.3) is 11.0 Å². The van der Waals surface area contributed by atoms with E-state index in [1.54, 1.807) is 13.1 Å². The molecule has 0 radical (unpaired) electrons. The van der Waals surface area contributed by atoms with Gasteiger partial charge in [-0.1, -0.05) is 23.7 Å². The van der Waals surface area contributed by atoms with Gasteiger partial charge in [0, 0.05) is 11.5 Å². The molecule has 1 aromatic heterocycles. The van der Waals surface area contributed by atoms with Crippen LogP contribution in [0.4, 0.5) is 8.78 Å². The molecule has 0 amide bonds. The molecule has 3 rings (SSSR count). The molecule has 0 aliphatic heterocycles. The Kier molecular flexibility index (Phi) is 3.66. The van der Waals surface area contributed by atoms with Crippen molar-refractivity contribution >= 4 is 22.6 Å². The highest BCUT2D eigenvalue weighted by atomic mass is 35.5. The zero-order valence-electron chi connectivity index (χ0n) is 11.2. The van der Waals surface area contributed by atoms with Crippen LogP contribution in [-0.2, 0) is 0 Å². The normalized spacial score (nSPS) is 12.8. The molecule has 1 heterocycles. The van der Waals surface area contributed by atoms with Crippen LogP contribution in [0.15, 0.2) is 46.9 Å². The molecule has 1 N–H and O–H groups in total. The fourth-order valence-corrected chi connectivity index (χ4v) is 2.63. The summed E-state index contributed by atoms with van der Waals surface area (Å²) in [5, 5.41) is 4.34. The van der Waals surface area contributed by atoms with Gasteiger partial charge in [-0.25, -0.2) is 8.78 Å². The van der Waals surface area contributed by atoms with E-state index >= 15 is 0 Å². The van der Waals surface area contributed by atoms with E-state index in [2.05, 4.69) is 5.32 Å². The monoisotopic (exact) mass is 307 g/mol. The van der Waals surface area contributed by atoms with E-state index in [0.717, 1.165) is 11.5 Å². The highest BCUT2D eigenvalue weighted by Gasteiger charge is 2.19. The summed E-state index contributed by atoms with van der Waals surface area (Å²) >= 11 is 6.08. The first-order chi connectivity index (χ1) is 10.1. The minimum Gasteiger partial charge on any atom is -0.457 e. The Morgan fingerprint density at radius 3 is 2.43 bits per heavy atom. The van der Waals surface area contributed by atoms with E-state index < -0.39 is 17.7 Å². The minimum atomic E-state index is -0.626. The molecule has 0 aliphatic carbocycles. The summed E-state index contributed by atoms with van der Waals surface area (Å²) in [6, 6.07) is 10.2. The Labute approximate surface area is 125 Å². The van der Waals surface area contributed by atoms with Gasteiger partial charge < -0.3 is 9.73 Å². The van der Waals surface area contributed by atoms with Crippen LogP contribution >= 0.6 is 11.6 Å². The highest BCUT2D eigenvalue weighted by Crippen LogP contribution is 2.32. The van der Waals surface area contributed by atoms with Crippen LogP contribution in [0.2, 0.25) is 5.02 Å². The third-order valence-corrected chi connectivity index (χ3v) is 3.60. The van der Waals surface area contributed by atoms with Gasteiger partial charge in [-0.15, -0.1) is 0 Å². The van der Waals surface area contributed by atoms with E-state index in [1.165, 1.54) is 12.1 Å². The fraction of sp³-hybridized carbons (Fsp3) is 0.125. The van der Waals surface area contributed by atoms with Crippen LogP contribution < -0.4 is 5.32 Å². The van der Waals surface area contributed by atoms with Crippen LogP contribution in [0.3, 0.4) is 0 Å². The lowest BCUT2D eigenvalue weighted by Crippen LogP contribution is -2.17. The molecule has 2 aromatic carbocycles. The fourth-order valence-electron chi connectivity index (χ4n) is 2.40. The number of hydrogen-bond donors (Lipinski definition) is 1. The van der Waals surface area contributed by atoms with Gasteiger partial charge in [0.2, 0.25) is 0 Å². The van der Waals surface area contributed by atoms with Crippen molar-refractivity contribution in [1.82, 2.24) is 5.32 Å². The highest BCUT2D eigenvalue weighted by molar-refractivity contribution is 6.34. The van der Waals surface area contributed by atoms with Crippen molar-refractivity contribution in [1.29, 1.82) is 0 Å². The van der Waals surface area contributed by atoms with Crippen molar-refractivity contribution in [3.05, 3.63) is 70.4 Å². The number of para-hydroxylation sites is 1. The average molecular weight is 308 g/mol. The zero-order valence-corrected chi connectivity index (χ0v) is 11.9. The number of nitrogens with one attached hydrogen (secondary N) is 1. The second-order valence-electron chi connectivity index (χ2n) is 4.73. The lowest BCUT2D eigenvalue weighted by molar-refractivity contribution is 0.487. The second kappa shape index (κ2) is 5.47. The number of fused-ring (bicyclic) bond motifs is 1. The molecule has 2 nitrogen and oxygen atoms in total. The van der Waals surface area contributed by atoms with Crippen molar-refractivity contribution in [2.24, 2.45) is 0 Å². The number of benzene rings is 2. The molecule has 0 saturated carbocycles. The van der Waals surface area contributed by atoms with E-state index in [9.17, 15) is 8.78 Å². The lowest BCUT2D eigenvalue weighted by Gasteiger charge is -2.14. The molecule has 5 heteroatoms. The Hall–Kier alpha value is -1.91. The van der Waals surface area contributed by atoms with Crippen molar-refractivity contribution in [3.63, 3.8) is 0 Å². The van der Waals surface area contributed by atoms with E-state index in [0.29, 0.717) is 21.9 Å². The average Bonchev–Trinajstić information content (AvgIpc) is 2.83. The number of halogens is 3. The van der Waals surface area contributed by atoms with Crippen molar-refractivity contribution in [3.8, 4) is 0 Å². The maximum Gasteiger partial charge on any atom is 0.152 e. The first-order valence-electron chi connectivity index (χ1n) is 6.39. The van der Waals surface area contributed by atoms with Gasteiger partial charge in [0.05, 0.1) is 11.1 Å². The zero-order chi connectivity index (χ0) is 15.0.